The summed E-state index contributed by atoms with van der Waals surface area (Å²) in [6, 6.07) is 10.3. The Hall–Kier alpha value is -3.16. The lowest BCUT2D eigenvalue weighted by atomic mass is 10.2. The highest BCUT2D eigenvalue weighted by Crippen LogP contribution is 2.25. The molecule has 0 spiro atoms. The molecule has 2 aromatic carbocycles. The lowest BCUT2D eigenvalue weighted by Gasteiger charge is -2.07. The predicted molar refractivity (Wildman–Crippen MR) is 116 cm³/mol. The number of amides is 2. The predicted octanol–water partition coefficient (Wildman–Crippen LogP) is 4.64. The van der Waals surface area contributed by atoms with Gasteiger partial charge in [-0.15, -0.1) is 0 Å². The first kappa shape index (κ1) is 21.5. The summed E-state index contributed by atoms with van der Waals surface area (Å²) < 4.78 is 14.6. The minimum Gasteiger partial charge on any atom is -0.355 e. The van der Waals surface area contributed by atoms with Gasteiger partial charge in [-0.25, -0.2) is 9.07 Å². The number of aromatic nitrogens is 2. The monoisotopic (exact) mass is 446 g/mol. The number of nitrogens with zero attached hydrogens (tertiary/aromatic N) is 2. The van der Waals surface area contributed by atoms with Crippen LogP contribution in [0.4, 0.5) is 10.1 Å². The van der Waals surface area contributed by atoms with Gasteiger partial charge in [0.25, 0.3) is 5.91 Å². The highest BCUT2D eigenvalue weighted by atomic mass is 35.5. The summed E-state index contributed by atoms with van der Waals surface area (Å²) in [5.41, 5.74) is 2.41. The second-order valence-electron chi connectivity index (χ2n) is 6.27. The van der Waals surface area contributed by atoms with Crippen molar-refractivity contribution in [3.05, 3.63) is 81.4 Å². The van der Waals surface area contributed by atoms with Crippen LogP contribution in [0.2, 0.25) is 10.2 Å². The average molecular weight is 447 g/mol. The van der Waals surface area contributed by atoms with Crippen molar-refractivity contribution >= 4 is 46.8 Å². The summed E-state index contributed by atoms with van der Waals surface area (Å²) in [6.45, 7) is 1.75. The maximum atomic E-state index is 13.1. The van der Waals surface area contributed by atoms with Crippen molar-refractivity contribution in [3.63, 3.8) is 0 Å². The highest BCUT2D eigenvalue weighted by molar-refractivity contribution is 6.34. The van der Waals surface area contributed by atoms with E-state index < -0.39 is 5.91 Å². The van der Waals surface area contributed by atoms with E-state index in [0.717, 1.165) is 0 Å². The molecule has 0 saturated heterocycles. The quantitative estimate of drug-likeness (QED) is 0.560. The van der Waals surface area contributed by atoms with Gasteiger partial charge >= 0.3 is 0 Å². The maximum absolute atomic E-state index is 13.1. The lowest BCUT2D eigenvalue weighted by molar-refractivity contribution is -0.111. The minimum atomic E-state index is -0.426. The first-order valence-electron chi connectivity index (χ1n) is 8.82. The molecule has 1 aromatic heterocycles. The third kappa shape index (κ3) is 4.69. The van der Waals surface area contributed by atoms with Crippen molar-refractivity contribution in [2.24, 2.45) is 0 Å². The number of hydrogen-bond donors (Lipinski definition) is 2. The molecule has 0 bridgehead atoms. The van der Waals surface area contributed by atoms with Gasteiger partial charge in [-0.05, 0) is 55.5 Å². The number of hydrogen-bond acceptors (Lipinski definition) is 3. The number of aryl methyl sites for hydroxylation is 1. The molecular weight excluding hydrogens is 430 g/mol. The smallest absolute Gasteiger partial charge is 0.252 e. The van der Waals surface area contributed by atoms with Crippen LogP contribution in [0.5, 0.6) is 0 Å². The number of benzene rings is 2. The van der Waals surface area contributed by atoms with Gasteiger partial charge in [-0.3, -0.25) is 9.59 Å². The van der Waals surface area contributed by atoms with Crippen LogP contribution < -0.4 is 10.6 Å². The van der Waals surface area contributed by atoms with Crippen LogP contribution >= 0.6 is 23.2 Å². The second kappa shape index (κ2) is 9.11. The van der Waals surface area contributed by atoms with Gasteiger partial charge in [-0.1, -0.05) is 23.2 Å². The van der Waals surface area contributed by atoms with E-state index in [1.54, 1.807) is 25.1 Å². The second-order valence-corrected chi connectivity index (χ2v) is 7.04. The number of halogens is 3. The molecule has 154 valence electrons. The van der Waals surface area contributed by atoms with E-state index in [1.807, 2.05) is 0 Å². The molecule has 0 aliphatic rings. The minimum absolute atomic E-state index is 0.250. The standard InChI is InChI=1S/C21H17Cl2FN4O2/c1-12-16(20(23)28(27-12)15-6-3-13(24)4-7-15)8-10-19(29)26-14-5-9-18(22)17(11-14)21(30)25-2/h3-11H,1-2H3,(H,25,30)(H,26,29)/b10-8+. The van der Waals surface area contributed by atoms with Crippen LogP contribution in [0.1, 0.15) is 21.6 Å². The fourth-order valence-electron chi connectivity index (χ4n) is 2.71. The first-order chi connectivity index (χ1) is 14.3. The zero-order valence-corrected chi connectivity index (χ0v) is 17.6. The summed E-state index contributed by atoms with van der Waals surface area (Å²) >= 11 is 12.4. The van der Waals surface area contributed by atoms with Crippen molar-refractivity contribution in [1.82, 2.24) is 15.1 Å². The van der Waals surface area contributed by atoms with E-state index in [2.05, 4.69) is 15.7 Å². The molecular formula is C21H17Cl2FN4O2. The molecule has 0 fully saturated rings. The van der Waals surface area contributed by atoms with Crippen LogP contribution in [0, 0.1) is 12.7 Å². The first-order valence-corrected chi connectivity index (χ1v) is 9.57. The SMILES string of the molecule is CNC(=O)c1cc(NC(=O)/C=C/c2c(C)nn(-c3ccc(F)cc3)c2Cl)ccc1Cl. The Labute approximate surface area is 182 Å². The van der Waals surface area contributed by atoms with Gasteiger partial charge in [-0.2, -0.15) is 5.10 Å². The fourth-order valence-corrected chi connectivity index (χ4v) is 3.25. The number of carbonyl (C=O) groups is 2. The molecule has 6 nitrogen and oxygen atoms in total. The topological polar surface area (TPSA) is 76.0 Å². The molecule has 1 heterocycles. The van der Waals surface area contributed by atoms with Crippen LogP contribution in [-0.4, -0.2) is 28.6 Å². The Kier molecular flexibility index (Phi) is 6.54. The van der Waals surface area contributed by atoms with Crippen molar-refractivity contribution in [3.8, 4) is 5.69 Å². The highest BCUT2D eigenvalue weighted by Gasteiger charge is 2.14. The molecule has 0 saturated carbocycles. The Morgan fingerprint density at radius 3 is 2.50 bits per heavy atom. The van der Waals surface area contributed by atoms with Crippen molar-refractivity contribution in [1.29, 1.82) is 0 Å². The number of carbonyl (C=O) groups excluding carboxylic acids is 2. The Balaban J connectivity index is 1.79. The van der Waals surface area contributed by atoms with E-state index in [0.29, 0.717) is 22.6 Å². The normalized spacial score (nSPS) is 11.0. The van der Waals surface area contributed by atoms with Crippen LogP contribution in [0.3, 0.4) is 0 Å². The van der Waals surface area contributed by atoms with Gasteiger partial charge < -0.3 is 10.6 Å². The zero-order chi connectivity index (χ0) is 21.8. The third-order valence-electron chi connectivity index (χ3n) is 4.23. The third-order valence-corrected chi connectivity index (χ3v) is 4.92. The van der Waals surface area contributed by atoms with E-state index in [1.165, 1.54) is 48.1 Å². The molecule has 0 atom stereocenters. The summed E-state index contributed by atoms with van der Waals surface area (Å²) in [7, 11) is 1.49. The molecule has 0 aliphatic carbocycles. The van der Waals surface area contributed by atoms with Crippen molar-refractivity contribution in [2.75, 3.05) is 12.4 Å². The summed E-state index contributed by atoms with van der Waals surface area (Å²) in [6.07, 6.45) is 2.84. The molecule has 0 aliphatic heterocycles. The molecule has 9 heteroatoms. The van der Waals surface area contributed by atoms with Gasteiger partial charge in [0.2, 0.25) is 5.91 Å². The largest absolute Gasteiger partial charge is 0.355 e. The number of rotatable bonds is 5. The molecule has 2 amide bonds. The fraction of sp³-hybridized carbons (Fsp3) is 0.0952. The van der Waals surface area contributed by atoms with Gasteiger partial charge in [0.1, 0.15) is 11.0 Å². The Morgan fingerprint density at radius 1 is 1.13 bits per heavy atom. The zero-order valence-electron chi connectivity index (χ0n) is 16.0. The van der Waals surface area contributed by atoms with Crippen LogP contribution in [-0.2, 0) is 4.79 Å². The number of anilines is 1. The van der Waals surface area contributed by atoms with Gasteiger partial charge in [0, 0.05) is 24.4 Å². The Bertz CT molecular complexity index is 1140. The molecule has 30 heavy (non-hydrogen) atoms. The molecule has 3 aromatic rings. The van der Waals surface area contributed by atoms with Gasteiger partial charge in [0.05, 0.1) is 22.0 Å². The van der Waals surface area contributed by atoms with Crippen LogP contribution in [0.15, 0.2) is 48.5 Å². The van der Waals surface area contributed by atoms with Gasteiger partial charge in [0.15, 0.2) is 0 Å². The van der Waals surface area contributed by atoms with E-state index in [4.69, 9.17) is 23.2 Å². The average Bonchev–Trinajstić information content (AvgIpc) is 3.01. The van der Waals surface area contributed by atoms with Crippen molar-refractivity contribution < 1.29 is 14.0 Å². The molecule has 0 unspecified atom stereocenters. The summed E-state index contributed by atoms with van der Waals surface area (Å²) in [4.78, 5) is 24.1. The summed E-state index contributed by atoms with van der Waals surface area (Å²) in [5, 5.41) is 10.1. The van der Waals surface area contributed by atoms with E-state index in [-0.39, 0.29) is 27.5 Å². The number of nitrogens with one attached hydrogen (secondary N) is 2. The molecule has 2 N–H and O–H groups in total. The maximum Gasteiger partial charge on any atom is 0.252 e. The van der Waals surface area contributed by atoms with E-state index >= 15 is 0 Å². The summed E-state index contributed by atoms with van der Waals surface area (Å²) in [5.74, 6) is -1.15. The molecule has 3 rings (SSSR count). The van der Waals surface area contributed by atoms with Crippen molar-refractivity contribution in [2.45, 2.75) is 6.92 Å². The Morgan fingerprint density at radius 2 is 1.83 bits per heavy atom. The van der Waals surface area contributed by atoms with E-state index in [9.17, 15) is 14.0 Å². The molecule has 0 radical (unpaired) electrons. The lowest BCUT2D eigenvalue weighted by Crippen LogP contribution is -2.18. The van der Waals surface area contributed by atoms with Crippen LogP contribution in [0.25, 0.3) is 11.8 Å².